The van der Waals surface area contributed by atoms with Crippen LogP contribution in [0.1, 0.15) is 52.7 Å². The Kier molecular flexibility index (Phi) is 4.84. The fraction of sp³-hybridized carbons (Fsp3) is 0.409. The van der Waals surface area contributed by atoms with Gasteiger partial charge in [0.05, 0.1) is 0 Å². The number of hydrogen-bond donors (Lipinski definition) is 1. The smallest absolute Gasteiger partial charge is 0.251 e. The van der Waals surface area contributed by atoms with E-state index in [0.29, 0.717) is 6.04 Å². The van der Waals surface area contributed by atoms with Crippen LogP contribution in [0.25, 0.3) is 0 Å². The lowest BCUT2D eigenvalue weighted by Crippen LogP contribution is -2.32. The Labute approximate surface area is 150 Å². The summed E-state index contributed by atoms with van der Waals surface area (Å²) >= 11 is 0. The van der Waals surface area contributed by atoms with Gasteiger partial charge in [-0.25, -0.2) is 0 Å². The van der Waals surface area contributed by atoms with E-state index >= 15 is 0 Å². The third-order valence-corrected chi connectivity index (χ3v) is 5.52. The zero-order valence-electron chi connectivity index (χ0n) is 14.7. The van der Waals surface area contributed by atoms with Crippen molar-refractivity contribution in [2.75, 3.05) is 6.54 Å². The molecule has 0 aromatic heterocycles. The minimum Gasteiger partial charge on any atom is -0.349 e. The minimum atomic E-state index is 0.0744. The summed E-state index contributed by atoms with van der Waals surface area (Å²) in [6.07, 6.45) is 5.85. The second-order valence-corrected chi connectivity index (χ2v) is 7.38. The summed E-state index contributed by atoms with van der Waals surface area (Å²) in [7, 11) is 0. The van der Waals surface area contributed by atoms with Crippen molar-refractivity contribution in [1.82, 2.24) is 10.2 Å². The van der Waals surface area contributed by atoms with Gasteiger partial charge in [0.15, 0.2) is 0 Å². The quantitative estimate of drug-likeness (QED) is 0.919. The summed E-state index contributed by atoms with van der Waals surface area (Å²) in [6, 6.07) is 17.2. The van der Waals surface area contributed by atoms with Gasteiger partial charge >= 0.3 is 0 Å². The number of fused-ring (bicyclic) bond motifs is 1. The maximum atomic E-state index is 12.3. The molecule has 1 fully saturated rings. The highest BCUT2D eigenvalue weighted by molar-refractivity contribution is 5.94. The van der Waals surface area contributed by atoms with Crippen LogP contribution in [0.4, 0.5) is 0 Å². The Bertz CT molecular complexity index is 732. The number of amides is 1. The molecular formula is C22H26N2O. The average Bonchev–Trinajstić information content (AvgIpc) is 3.15. The molecule has 0 saturated heterocycles. The molecule has 0 bridgehead atoms. The van der Waals surface area contributed by atoms with Crippen molar-refractivity contribution in [3.63, 3.8) is 0 Å². The van der Waals surface area contributed by atoms with Crippen LogP contribution in [-0.2, 0) is 19.5 Å². The van der Waals surface area contributed by atoms with Crippen molar-refractivity contribution in [3.05, 3.63) is 70.8 Å². The van der Waals surface area contributed by atoms with Crippen LogP contribution in [0.2, 0.25) is 0 Å². The number of rotatable bonds is 4. The summed E-state index contributed by atoms with van der Waals surface area (Å²) < 4.78 is 0. The third-order valence-electron chi connectivity index (χ3n) is 5.52. The van der Waals surface area contributed by atoms with E-state index in [9.17, 15) is 4.79 Å². The highest BCUT2D eigenvalue weighted by Gasteiger charge is 2.18. The monoisotopic (exact) mass is 334 g/mol. The van der Waals surface area contributed by atoms with Gasteiger partial charge in [-0.3, -0.25) is 9.69 Å². The van der Waals surface area contributed by atoms with E-state index in [1.807, 2.05) is 12.1 Å². The summed E-state index contributed by atoms with van der Waals surface area (Å²) in [6.45, 7) is 3.06. The molecule has 2 aliphatic rings. The van der Waals surface area contributed by atoms with E-state index < -0.39 is 0 Å². The van der Waals surface area contributed by atoms with Crippen LogP contribution in [0.3, 0.4) is 0 Å². The fourth-order valence-corrected chi connectivity index (χ4v) is 4.05. The molecule has 3 heteroatoms. The van der Waals surface area contributed by atoms with E-state index in [-0.39, 0.29) is 5.91 Å². The van der Waals surface area contributed by atoms with Crippen molar-refractivity contribution >= 4 is 5.91 Å². The standard InChI is InChI=1S/C22H26N2O/c25-22(23-21-7-3-4-8-21)19-11-9-17(10-12-19)15-24-14-13-18-5-1-2-6-20(18)16-24/h1-2,5-6,9-12,21H,3-4,7-8,13-16H2,(H,23,25). The first-order valence-corrected chi connectivity index (χ1v) is 9.47. The molecule has 1 saturated carbocycles. The van der Waals surface area contributed by atoms with Crippen LogP contribution in [0, 0.1) is 0 Å². The van der Waals surface area contributed by atoms with Crippen LogP contribution in [0.5, 0.6) is 0 Å². The zero-order valence-corrected chi connectivity index (χ0v) is 14.7. The summed E-state index contributed by atoms with van der Waals surface area (Å²) in [5, 5.41) is 3.16. The number of carbonyl (C=O) groups excluding carboxylic acids is 1. The number of nitrogens with zero attached hydrogens (tertiary/aromatic N) is 1. The maximum absolute atomic E-state index is 12.3. The molecule has 2 aromatic carbocycles. The number of carbonyl (C=O) groups is 1. The summed E-state index contributed by atoms with van der Waals surface area (Å²) in [5.41, 5.74) is 4.98. The second-order valence-electron chi connectivity index (χ2n) is 7.38. The number of benzene rings is 2. The molecule has 1 amide bonds. The zero-order chi connectivity index (χ0) is 17.1. The maximum Gasteiger partial charge on any atom is 0.251 e. The first-order valence-electron chi connectivity index (χ1n) is 9.47. The molecule has 1 aliphatic heterocycles. The minimum absolute atomic E-state index is 0.0744. The highest BCUT2D eigenvalue weighted by atomic mass is 16.1. The molecule has 0 radical (unpaired) electrons. The van der Waals surface area contributed by atoms with Crippen molar-refractivity contribution in [3.8, 4) is 0 Å². The number of nitrogens with one attached hydrogen (secondary N) is 1. The molecule has 1 N–H and O–H groups in total. The van der Waals surface area contributed by atoms with Crippen molar-refractivity contribution in [1.29, 1.82) is 0 Å². The van der Waals surface area contributed by atoms with Gasteiger partial charge in [-0.1, -0.05) is 49.2 Å². The third kappa shape index (κ3) is 3.93. The largest absolute Gasteiger partial charge is 0.349 e. The summed E-state index contributed by atoms with van der Waals surface area (Å²) in [5.74, 6) is 0.0744. The van der Waals surface area contributed by atoms with E-state index in [0.717, 1.165) is 44.5 Å². The van der Waals surface area contributed by atoms with Crippen molar-refractivity contribution < 1.29 is 4.79 Å². The van der Waals surface area contributed by atoms with Gasteiger partial charge < -0.3 is 5.32 Å². The molecule has 0 spiro atoms. The first kappa shape index (κ1) is 16.3. The van der Waals surface area contributed by atoms with E-state index in [1.165, 1.54) is 29.5 Å². The predicted octanol–water partition coefficient (Wildman–Crippen LogP) is 3.92. The molecular weight excluding hydrogens is 308 g/mol. The molecule has 1 heterocycles. The Morgan fingerprint density at radius 1 is 1.00 bits per heavy atom. The van der Waals surface area contributed by atoms with Gasteiger partial charge in [-0.15, -0.1) is 0 Å². The molecule has 4 rings (SSSR count). The van der Waals surface area contributed by atoms with Crippen LogP contribution in [-0.4, -0.2) is 23.4 Å². The molecule has 130 valence electrons. The Balaban J connectivity index is 1.35. The average molecular weight is 334 g/mol. The Morgan fingerprint density at radius 3 is 2.48 bits per heavy atom. The molecule has 25 heavy (non-hydrogen) atoms. The molecule has 1 aliphatic carbocycles. The van der Waals surface area contributed by atoms with Crippen LogP contribution >= 0.6 is 0 Å². The summed E-state index contributed by atoms with van der Waals surface area (Å²) in [4.78, 5) is 14.8. The Hall–Kier alpha value is -2.13. The van der Waals surface area contributed by atoms with E-state index in [1.54, 1.807) is 0 Å². The van der Waals surface area contributed by atoms with E-state index in [2.05, 4.69) is 46.6 Å². The first-order chi connectivity index (χ1) is 12.3. The lowest BCUT2D eigenvalue weighted by molar-refractivity contribution is 0.0938. The lowest BCUT2D eigenvalue weighted by atomic mass is 9.99. The topological polar surface area (TPSA) is 32.3 Å². The normalized spacial score (nSPS) is 18.1. The van der Waals surface area contributed by atoms with Gasteiger partial charge in [0.2, 0.25) is 0 Å². The molecule has 0 unspecified atom stereocenters. The Morgan fingerprint density at radius 2 is 1.72 bits per heavy atom. The SMILES string of the molecule is O=C(NC1CCCC1)c1ccc(CN2CCc3ccccc3C2)cc1. The van der Waals surface area contributed by atoms with E-state index in [4.69, 9.17) is 0 Å². The lowest BCUT2D eigenvalue weighted by Gasteiger charge is -2.28. The van der Waals surface area contributed by atoms with Crippen LogP contribution in [0.15, 0.2) is 48.5 Å². The molecule has 3 nitrogen and oxygen atoms in total. The second kappa shape index (κ2) is 7.40. The van der Waals surface area contributed by atoms with Crippen molar-refractivity contribution in [2.24, 2.45) is 0 Å². The van der Waals surface area contributed by atoms with Gasteiger partial charge in [-0.05, 0) is 48.1 Å². The van der Waals surface area contributed by atoms with Gasteiger partial charge in [0.25, 0.3) is 5.91 Å². The number of hydrogen-bond acceptors (Lipinski definition) is 2. The highest BCUT2D eigenvalue weighted by Crippen LogP contribution is 2.21. The van der Waals surface area contributed by atoms with Crippen LogP contribution < -0.4 is 5.32 Å². The molecule has 2 aromatic rings. The predicted molar refractivity (Wildman–Crippen MR) is 100 cm³/mol. The molecule has 0 atom stereocenters. The van der Waals surface area contributed by atoms with Crippen molar-refractivity contribution in [2.45, 2.75) is 51.2 Å². The van der Waals surface area contributed by atoms with Gasteiger partial charge in [0, 0.05) is 31.2 Å². The van der Waals surface area contributed by atoms with Gasteiger partial charge in [0.1, 0.15) is 0 Å². The fourth-order valence-electron chi connectivity index (χ4n) is 4.05. The van der Waals surface area contributed by atoms with Gasteiger partial charge in [-0.2, -0.15) is 0 Å².